The van der Waals surface area contributed by atoms with Crippen molar-refractivity contribution in [2.45, 2.75) is 44.9 Å². The third-order valence-corrected chi connectivity index (χ3v) is 5.72. The fourth-order valence-corrected chi connectivity index (χ4v) is 4.00. The fourth-order valence-electron chi connectivity index (χ4n) is 3.22. The highest BCUT2D eigenvalue weighted by molar-refractivity contribution is 7.07. The number of ether oxygens (including phenoxy) is 2. The van der Waals surface area contributed by atoms with Crippen LogP contribution in [0.5, 0.6) is 0 Å². The highest BCUT2D eigenvalue weighted by Crippen LogP contribution is 2.17. The molecular formula is C22H31N3O2S. The Morgan fingerprint density at radius 2 is 2.07 bits per heavy atom. The van der Waals surface area contributed by atoms with Gasteiger partial charge in [0.2, 0.25) is 0 Å². The van der Waals surface area contributed by atoms with Crippen LogP contribution in [0, 0.1) is 0 Å². The molecule has 1 aromatic carbocycles. The predicted molar refractivity (Wildman–Crippen MR) is 116 cm³/mol. The molecular weight excluding hydrogens is 370 g/mol. The van der Waals surface area contributed by atoms with Gasteiger partial charge in [-0.15, -0.1) is 0 Å². The Balaban J connectivity index is 1.43. The van der Waals surface area contributed by atoms with Crippen LogP contribution in [-0.4, -0.2) is 38.9 Å². The van der Waals surface area contributed by atoms with E-state index in [4.69, 9.17) is 9.47 Å². The largest absolute Gasteiger partial charge is 0.381 e. The number of rotatable bonds is 8. The van der Waals surface area contributed by atoms with Crippen molar-refractivity contribution in [2.75, 3.05) is 26.8 Å². The Labute approximate surface area is 172 Å². The van der Waals surface area contributed by atoms with Crippen LogP contribution in [-0.2, 0) is 22.6 Å². The number of hydrogen-bond donors (Lipinski definition) is 2. The summed E-state index contributed by atoms with van der Waals surface area (Å²) in [6.07, 6.45) is 2.31. The molecule has 0 amide bonds. The van der Waals surface area contributed by atoms with Gasteiger partial charge in [-0.3, -0.25) is 4.99 Å². The first-order chi connectivity index (χ1) is 13.7. The zero-order valence-corrected chi connectivity index (χ0v) is 17.6. The van der Waals surface area contributed by atoms with Crippen LogP contribution >= 0.6 is 11.3 Å². The molecule has 3 rings (SSSR count). The minimum atomic E-state index is 0.323. The topological polar surface area (TPSA) is 54.9 Å². The summed E-state index contributed by atoms with van der Waals surface area (Å²) >= 11 is 1.74. The zero-order valence-electron chi connectivity index (χ0n) is 16.8. The van der Waals surface area contributed by atoms with E-state index in [1.807, 2.05) is 7.05 Å². The fraction of sp³-hybridized carbons (Fsp3) is 0.500. The summed E-state index contributed by atoms with van der Waals surface area (Å²) in [5.74, 6) is 1.28. The Kier molecular flexibility index (Phi) is 8.33. The van der Waals surface area contributed by atoms with Crippen LogP contribution < -0.4 is 10.6 Å². The molecule has 28 heavy (non-hydrogen) atoms. The highest BCUT2D eigenvalue weighted by atomic mass is 32.1. The van der Waals surface area contributed by atoms with Crippen molar-refractivity contribution >= 4 is 17.3 Å². The van der Waals surface area contributed by atoms with Gasteiger partial charge in [0.25, 0.3) is 0 Å². The van der Waals surface area contributed by atoms with Crippen molar-refractivity contribution in [2.24, 2.45) is 4.99 Å². The highest BCUT2D eigenvalue weighted by Gasteiger charge is 2.14. The summed E-state index contributed by atoms with van der Waals surface area (Å²) in [5, 5.41) is 11.1. The summed E-state index contributed by atoms with van der Waals surface area (Å²) in [7, 11) is 1.81. The van der Waals surface area contributed by atoms with Crippen LogP contribution in [0.4, 0.5) is 0 Å². The molecule has 1 aliphatic heterocycles. The first kappa shape index (κ1) is 20.8. The molecule has 1 unspecified atom stereocenters. The minimum absolute atomic E-state index is 0.323. The van der Waals surface area contributed by atoms with Crippen molar-refractivity contribution in [3.05, 3.63) is 57.8 Å². The van der Waals surface area contributed by atoms with Gasteiger partial charge < -0.3 is 20.1 Å². The molecule has 6 heteroatoms. The first-order valence-electron chi connectivity index (χ1n) is 9.98. The monoisotopic (exact) mass is 401 g/mol. The van der Waals surface area contributed by atoms with E-state index in [1.165, 1.54) is 16.7 Å². The standard InChI is InChI=1S/C22H31N3O2S/c1-17(20-8-11-28-16-20)13-24-22(23-2)25-14-18-4-3-5-19(12-18)15-27-21-6-9-26-10-7-21/h3-5,8,11-12,16-17,21H,6-7,9-10,13-15H2,1-2H3,(H2,23,24,25). The van der Waals surface area contributed by atoms with Gasteiger partial charge in [-0.25, -0.2) is 0 Å². The van der Waals surface area contributed by atoms with Gasteiger partial charge in [0.15, 0.2) is 5.96 Å². The average Bonchev–Trinajstić information content (AvgIpc) is 3.28. The molecule has 2 heterocycles. The smallest absolute Gasteiger partial charge is 0.191 e. The number of benzene rings is 1. The Hall–Kier alpha value is -1.89. The maximum absolute atomic E-state index is 6.04. The number of nitrogens with zero attached hydrogens (tertiary/aromatic N) is 1. The molecule has 1 atom stereocenters. The molecule has 1 saturated heterocycles. The molecule has 0 saturated carbocycles. The second kappa shape index (κ2) is 11.2. The molecule has 1 aromatic heterocycles. The second-order valence-electron chi connectivity index (χ2n) is 7.21. The van der Waals surface area contributed by atoms with Gasteiger partial charge in [0.05, 0.1) is 12.7 Å². The lowest BCUT2D eigenvalue weighted by atomic mass is 10.1. The molecule has 2 aromatic rings. The van der Waals surface area contributed by atoms with Gasteiger partial charge in [0.1, 0.15) is 0 Å². The van der Waals surface area contributed by atoms with Crippen LogP contribution in [0.3, 0.4) is 0 Å². The van der Waals surface area contributed by atoms with Crippen LogP contribution in [0.2, 0.25) is 0 Å². The maximum Gasteiger partial charge on any atom is 0.191 e. The number of aliphatic imine (C=N–C) groups is 1. The van der Waals surface area contributed by atoms with E-state index in [9.17, 15) is 0 Å². The summed E-state index contributed by atoms with van der Waals surface area (Å²) in [4.78, 5) is 4.34. The van der Waals surface area contributed by atoms with Crippen LogP contribution in [0.25, 0.3) is 0 Å². The lowest BCUT2D eigenvalue weighted by molar-refractivity contribution is -0.0390. The lowest BCUT2D eigenvalue weighted by Gasteiger charge is -2.22. The predicted octanol–water partition coefficient (Wildman–Crippen LogP) is 3.91. The molecule has 0 aliphatic carbocycles. The van der Waals surface area contributed by atoms with E-state index >= 15 is 0 Å². The zero-order chi connectivity index (χ0) is 19.6. The van der Waals surface area contributed by atoms with Gasteiger partial charge in [-0.2, -0.15) is 11.3 Å². The molecule has 1 fully saturated rings. The molecule has 0 radical (unpaired) electrons. The second-order valence-corrected chi connectivity index (χ2v) is 7.99. The van der Waals surface area contributed by atoms with Gasteiger partial charge in [-0.05, 0) is 52.3 Å². The SMILES string of the molecule is CN=C(NCc1cccc(COC2CCOCC2)c1)NCC(C)c1ccsc1. The Bertz CT molecular complexity index is 727. The van der Waals surface area contributed by atoms with E-state index in [0.717, 1.165) is 45.1 Å². The molecule has 0 spiro atoms. The van der Waals surface area contributed by atoms with Crippen molar-refractivity contribution in [1.82, 2.24) is 10.6 Å². The van der Waals surface area contributed by atoms with Crippen LogP contribution in [0.1, 0.15) is 42.4 Å². The number of nitrogens with one attached hydrogen (secondary N) is 2. The Morgan fingerprint density at radius 1 is 1.25 bits per heavy atom. The quantitative estimate of drug-likeness (QED) is 0.520. The molecule has 0 bridgehead atoms. The average molecular weight is 402 g/mol. The molecule has 2 N–H and O–H groups in total. The summed E-state index contributed by atoms with van der Waals surface area (Å²) < 4.78 is 11.4. The summed E-state index contributed by atoms with van der Waals surface area (Å²) in [6, 6.07) is 10.7. The normalized spacial score (nSPS) is 16.7. The first-order valence-corrected chi connectivity index (χ1v) is 10.9. The number of guanidine groups is 1. The summed E-state index contributed by atoms with van der Waals surface area (Å²) in [6.45, 7) is 6.10. The third kappa shape index (κ3) is 6.62. The Morgan fingerprint density at radius 3 is 2.82 bits per heavy atom. The minimum Gasteiger partial charge on any atom is -0.381 e. The van der Waals surface area contributed by atoms with E-state index in [1.54, 1.807) is 11.3 Å². The van der Waals surface area contributed by atoms with Crippen molar-refractivity contribution < 1.29 is 9.47 Å². The number of hydrogen-bond acceptors (Lipinski definition) is 4. The lowest BCUT2D eigenvalue weighted by Crippen LogP contribution is -2.38. The van der Waals surface area contributed by atoms with Crippen molar-refractivity contribution in [3.63, 3.8) is 0 Å². The number of thiophene rings is 1. The third-order valence-electron chi connectivity index (χ3n) is 5.02. The van der Waals surface area contributed by atoms with Crippen LogP contribution in [0.15, 0.2) is 46.1 Å². The van der Waals surface area contributed by atoms with E-state index in [2.05, 4.69) is 63.6 Å². The molecule has 1 aliphatic rings. The van der Waals surface area contributed by atoms with Crippen molar-refractivity contribution in [1.29, 1.82) is 0 Å². The van der Waals surface area contributed by atoms with Gasteiger partial charge in [-0.1, -0.05) is 31.2 Å². The summed E-state index contributed by atoms with van der Waals surface area (Å²) in [5.41, 5.74) is 3.80. The van der Waals surface area contributed by atoms with Gasteiger partial charge >= 0.3 is 0 Å². The van der Waals surface area contributed by atoms with E-state index in [0.29, 0.717) is 18.6 Å². The maximum atomic E-state index is 6.04. The van der Waals surface area contributed by atoms with Crippen molar-refractivity contribution in [3.8, 4) is 0 Å². The van der Waals surface area contributed by atoms with Gasteiger partial charge in [0, 0.05) is 33.4 Å². The van der Waals surface area contributed by atoms with E-state index in [-0.39, 0.29) is 0 Å². The van der Waals surface area contributed by atoms with E-state index < -0.39 is 0 Å². The molecule has 5 nitrogen and oxygen atoms in total. The molecule has 152 valence electrons.